The standard InChI is InChI=1S/C13H8BrN3O2/c14-11-5-9(13(18)19)7-16-12(11)17-10-3-1-8(6-15)2-4-10/h1-5,7H,(H,16,17)(H,18,19). The largest absolute Gasteiger partial charge is 0.478 e. The molecule has 0 unspecified atom stereocenters. The molecule has 2 N–H and O–H groups in total. The highest BCUT2D eigenvalue weighted by Crippen LogP contribution is 2.24. The van der Waals surface area contributed by atoms with Gasteiger partial charge in [-0.25, -0.2) is 9.78 Å². The van der Waals surface area contributed by atoms with Crippen molar-refractivity contribution in [1.82, 2.24) is 4.98 Å². The van der Waals surface area contributed by atoms with Gasteiger partial charge in [-0.3, -0.25) is 0 Å². The number of nitrogens with one attached hydrogen (secondary N) is 1. The fourth-order valence-electron chi connectivity index (χ4n) is 1.41. The molecule has 1 aromatic carbocycles. The Morgan fingerprint density at radius 1 is 1.37 bits per heavy atom. The average Bonchev–Trinajstić information content (AvgIpc) is 2.41. The second-order valence-corrected chi connectivity index (χ2v) is 4.53. The van der Waals surface area contributed by atoms with Crippen molar-refractivity contribution in [2.75, 3.05) is 5.32 Å². The van der Waals surface area contributed by atoms with Gasteiger partial charge < -0.3 is 10.4 Å². The molecule has 0 amide bonds. The highest BCUT2D eigenvalue weighted by atomic mass is 79.9. The molecule has 0 atom stereocenters. The smallest absolute Gasteiger partial charge is 0.337 e. The fourth-order valence-corrected chi connectivity index (χ4v) is 1.86. The third-order valence-electron chi connectivity index (χ3n) is 2.36. The van der Waals surface area contributed by atoms with Gasteiger partial charge in [-0.15, -0.1) is 0 Å². The van der Waals surface area contributed by atoms with Crippen molar-refractivity contribution in [1.29, 1.82) is 5.26 Å². The summed E-state index contributed by atoms with van der Waals surface area (Å²) in [7, 11) is 0. The van der Waals surface area contributed by atoms with Gasteiger partial charge in [0.1, 0.15) is 5.82 Å². The Kier molecular flexibility index (Phi) is 3.78. The van der Waals surface area contributed by atoms with Crippen LogP contribution in [0.4, 0.5) is 11.5 Å². The minimum Gasteiger partial charge on any atom is -0.478 e. The second kappa shape index (κ2) is 5.50. The summed E-state index contributed by atoms with van der Waals surface area (Å²) >= 11 is 3.26. The van der Waals surface area contributed by atoms with Gasteiger partial charge in [0.2, 0.25) is 0 Å². The van der Waals surface area contributed by atoms with E-state index in [1.54, 1.807) is 24.3 Å². The molecule has 0 aliphatic heterocycles. The summed E-state index contributed by atoms with van der Waals surface area (Å²) < 4.78 is 0.553. The van der Waals surface area contributed by atoms with E-state index in [-0.39, 0.29) is 5.56 Å². The Hall–Kier alpha value is -2.39. The first-order chi connectivity index (χ1) is 9.10. The van der Waals surface area contributed by atoms with Gasteiger partial charge in [0, 0.05) is 11.9 Å². The number of rotatable bonds is 3. The second-order valence-electron chi connectivity index (χ2n) is 3.67. The maximum atomic E-state index is 10.8. The third kappa shape index (κ3) is 3.09. The summed E-state index contributed by atoms with van der Waals surface area (Å²) in [6, 6.07) is 10.4. The monoisotopic (exact) mass is 317 g/mol. The van der Waals surface area contributed by atoms with E-state index in [2.05, 4.69) is 26.2 Å². The Morgan fingerprint density at radius 2 is 2.05 bits per heavy atom. The third-order valence-corrected chi connectivity index (χ3v) is 2.97. The molecular formula is C13H8BrN3O2. The van der Waals surface area contributed by atoms with Crippen LogP contribution >= 0.6 is 15.9 Å². The van der Waals surface area contributed by atoms with Crippen LogP contribution < -0.4 is 5.32 Å². The van der Waals surface area contributed by atoms with Crippen LogP contribution in [0.3, 0.4) is 0 Å². The van der Waals surface area contributed by atoms with Crippen LogP contribution in [0.5, 0.6) is 0 Å². The first-order valence-electron chi connectivity index (χ1n) is 5.26. The predicted molar refractivity (Wildman–Crippen MR) is 73.3 cm³/mol. The number of aromatic carboxylic acids is 1. The normalized spacial score (nSPS) is 9.68. The van der Waals surface area contributed by atoms with E-state index in [0.29, 0.717) is 15.9 Å². The number of aromatic nitrogens is 1. The van der Waals surface area contributed by atoms with Crippen molar-refractivity contribution in [2.45, 2.75) is 0 Å². The average molecular weight is 318 g/mol. The summed E-state index contributed by atoms with van der Waals surface area (Å²) in [6.45, 7) is 0. The predicted octanol–water partition coefficient (Wildman–Crippen LogP) is 3.16. The molecule has 1 aromatic heterocycles. The lowest BCUT2D eigenvalue weighted by atomic mass is 10.2. The van der Waals surface area contributed by atoms with Crippen LogP contribution in [0, 0.1) is 11.3 Å². The maximum absolute atomic E-state index is 10.8. The van der Waals surface area contributed by atoms with Gasteiger partial charge in [-0.1, -0.05) is 0 Å². The number of nitriles is 1. The van der Waals surface area contributed by atoms with E-state index in [4.69, 9.17) is 10.4 Å². The van der Waals surface area contributed by atoms with Crippen molar-refractivity contribution in [2.24, 2.45) is 0 Å². The molecule has 5 nitrogen and oxygen atoms in total. The zero-order chi connectivity index (χ0) is 13.8. The van der Waals surface area contributed by atoms with Gasteiger partial charge in [-0.05, 0) is 46.3 Å². The number of carboxylic acid groups (broad SMARTS) is 1. The van der Waals surface area contributed by atoms with Gasteiger partial charge in [0.15, 0.2) is 0 Å². The van der Waals surface area contributed by atoms with Crippen molar-refractivity contribution in [3.63, 3.8) is 0 Å². The molecule has 94 valence electrons. The minimum atomic E-state index is -1.03. The Balaban J connectivity index is 2.23. The number of hydrogen-bond donors (Lipinski definition) is 2. The van der Waals surface area contributed by atoms with Gasteiger partial charge in [-0.2, -0.15) is 5.26 Å². The number of nitrogens with zero attached hydrogens (tertiary/aromatic N) is 2. The number of carboxylic acids is 1. The van der Waals surface area contributed by atoms with Crippen LogP contribution in [-0.2, 0) is 0 Å². The van der Waals surface area contributed by atoms with Gasteiger partial charge in [0.05, 0.1) is 21.7 Å². The number of pyridine rings is 1. The summed E-state index contributed by atoms with van der Waals surface area (Å²) in [4.78, 5) is 14.8. The van der Waals surface area contributed by atoms with E-state index in [0.717, 1.165) is 5.69 Å². The molecule has 0 spiro atoms. The first-order valence-corrected chi connectivity index (χ1v) is 6.05. The highest BCUT2D eigenvalue weighted by molar-refractivity contribution is 9.10. The zero-order valence-corrected chi connectivity index (χ0v) is 11.2. The van der Waals surface area contributed by atoms with E-state index < -0.39 is 5.97 Å². The molecule has 0 radical (unpaired) electrons. The maximum Gasteiger partial charge on any atom is 0.337 e. The molecule has 6 heteroatoms. The van der Waals surface area contributed by atoms with E-state index in [1.165, 1.54) is 12.3 Å². The molecule has 2 aromatic rings. The van der Waals surface area contributed by atoms with Crippen LogP contribution in [-0.4, -0.2) is 16.1 Å². The Bertz CT molecular complexity index is 663. The van der Waals surface area contributed by atoms with Crippen molar-refractivity contribution >= 4 is 33.4 Å². The molecule has 0 saturated carbocycles. The lowest BCUT2D eigenvalue weighted by Crippen LogP contribution is -2.00. The fraction of sp³-hybridized carbons (Fsp3) is 0. The van der Waals surface area contributed by atoms with Crippen LogP contribution in [0.15, 0.2) is 41.0 Å². The number of halogens is 1. The van der Waals surface area contributed by atoms with Crippen molar-refractivity contribution < 1.29 is 9.90 Å². The first kappa shape index (κ1) is 13.1. The van der Waals surface area contributed by atoms with Gasteiger partial charge in [0.25, 0.3) is 0 Å². The molecular weight excluding hydrogens is 310 g/mol. The topological polar surface area (TPSA) is 86.0 Å². The lowest BCUT2D eigenvalue weighted by molar-refractivity contribution is 0.0696. The van der Waals surface area contributed by atoms with E-state index in [1.807, 2.05) is 6.07 Å². The summed E-state index contributed by atoms with van der Waals surface area (Å²) in [5.41, 5.74) is 1.44. The summed E-state index contributed by atoms with van der Waals surface area (Å²) in [5.74, 6) is -0.521. The summed E-state index contributed by atoms with van der Waals surface area (Å²) in [6.07, 6.45) is 1.28. The van der Waals surface area contributed by atoms with E-state index in [9.17, 15) is 4.79 Å². The molecule has 19 heavy (non-hydrogen) atoms. The van der Waals surface area contributed by atoms with Crippen LogP contribution in [0.1, 0.15) is 15.9 Å². The SMILES string of the molecule is N#Cc1ccc(Nc2ncc(C(=O)O)cc2Br)cc1. The molecule has 1 heterocycles. The Morgan fingerprint density at radius 3 is 2.58 bits per heavy atom. The number of carbonyl (C=O) groups is 1. The minimum absolute atomic E-state index is 0.109. The van der Waals surface area contributed by atoms with Gasteiger partial charge >= 0.3 is 5.97 Å². The number of anilines is 2. The molecule has 2 rings (SSSR count). The molecule has 0 aliphatic rings. The van der Waals surface area contributed by atoms with Crippen LogP contribution in [0.25, 0.3) is 0 Å². The quantitative estimate of drug-likeness (QED) is 0.908. The van der Waals surface area contributed by atoms with Crippen LogP contribution in [0.2, 0.25) is 0 Å². The summed E-state index contributed by atoms with van der Waals surface area (Å²) in [5, 5.41) is 20.6. The molecule has 0 fully saturated rings. The highest BCUT2D eigenvalue weighted by Gasteiger charge is 2.08. The molecule has 0 saturated heterocycles. The van der Waals surface area contributed by atoms with E-state index >= 15 is 0 Å². The molecule has 0 aliphatic carbocycles. The zero-order valence-electron chi connectivity index (χ0n) is 9.59. The number of hydrogen-bond acceptors (Lipinski definition) is 4. The van der Waals surface area contributed by atoms with Crippen molar-refractivity contribution in [3.05, 3.63) is 52.1 Å². The molecule has 0 bridgehead atoms. The Labute approximate surface area is 117 Å². The van der Waals surface area contributed by atoms with Crippen molar-refractivity contribution in [3.8, 4) is 6.07 Å². The lowest BCUT2D eigenvalue weighted by Gasteiger charge is -2.08. The number of benzene rings is 1.